The topological polar surface area (TPSA) is 355 Å². The average molecular weight is 1080 g/mol. The number of halogens is 2. The first-order valence-electron chi connectivity index (χ1n) is 21.7. The van der Waals surface area contributed by atoms with E-state index in [2.05, 4.69) is 10.6 Å². The van der Waals surface area contributed by atoms with Crippen LogP contribution in [-0.2, 0) is 9.59 Å². The van der Waals surface area contributed by atoms with E-state index < -0.39 is 87.4 Å². The summed E-state index contributed by atoms with van der Waals surface area (Å²) in [5.74, 6) is -7.04. The van der Waals surface area contributed by atoms with Crippen molar-refractivity contribution in [2.45, 2.75) is 51.5 Å². The lowest BCUT2D eigenvalue weighted by molar-refractivity contribution is -0.141. The number of amides is 2. The van der Waals surface area contributed by atoms with Gasteiger partial charge in [-0.3, -0.25) is 28.8 Å². The molecule has 4 aromatic carbocycles. The standard InChI is InChI=1S/C21H24B2FNO8.C20H23B2FN2O8.C2H4S4/c1-12(21(28)29)4-2-3-5-25-20(27)15-6-13(7-16(9-15)22(30)31)19(26)14-8-17(23(32)33)11-18(24)10-14;23-16-9-12(7-15(10-16)22(32)33)18(26)11-5-13(8-14(6-11)21(30)31)19(27)25-4-2-1-3-17(24)20(28)29;1-3-5-2-6-4-1/h6-12,30-33H,2-5H2,1H3,(H,25,27)(H,28,29);5-10,17,30-33H,1-4,24H2,(H,25,27)(H,28,29);1-2H2/t12-;17-;/m00./s1. The summed E-state index contributed by atoms with van der Waals surface area (Å²) < 4.78 is 27.6. The van der Waals surface area contributed by atoms with Crippen LogP contribution in [-0.4, -0.2) is 143 Å². The number of carboxylic acid groups (broad SMARTS) is 2. The van der Waals surface area contributed by atoms with Gasteiger partial charge in [-0.2, -0.15) is 0 Å². The van der Waals surface area contributed by atoms with Crippen LogP contribution < -0.4 is 38.2 Å². The zero-order valence-electron chi connectivity index (χ0n) is 38.4. The van der Waals surface area contributed by atoms with Gasteiger partial charge in [-0.25, -0.2) is 8.78 Å². The molecule has 29 heteroatoms. The van der Waals surface area contributed by atoms with E-state index in [9.17, 15) is 77.7 Å². The largest absolute Gasteiger partial charge is 0.488 e. The smallest absolute Gasteiger partial charge is 0.481 e. The lowest BCUT2D eigenvalue weighted by atomic mass is 9.77. The summed E-state index contributed by atoms with van der Waals surface area (Å²) in [5, 5.41) is 101. The predicted octanol–water partition coefficient (Wildman–Crippen LogP) is -0.557. The number of rotatable bonds is 22. The number of nitrogens with two attached hydrogens (primary N) is 1. The Bertz CT molecular complexity index is 2340. The fourth-order valence-electron chi connectivity index (χ4n) is 6.34. The molecule has 19 nitrogen and oxygen atoms in total. The van der Waals surface area contributed by atoms with Crippen LogP contribution in [0.3, 0.4) is 0 Å². The van der Waals surface area contributed by atoms with Crippen LogP contribution in [0.4, 0.5) is 8.78 Å². The van der Waals surface area contributed by atoms with Gasteiger partial charge in [0.2, 0.25) is 0 Å². The van der Waals surface area contributed by atoms with Crippen LogP contribution in [0.15, 0.2) is 72.8 Å². The van der Waals surface area contributed by atoms with E-state index >= 15 is 0 Å². The summed E-state index contributed by atoms with van der Waals surface area (Å²) in [4.78, 5) is 72.3. The molecular weight excluding hydrogens is 1020 g/mol. The van der Waals surface area contributed by atoms with Gasteiger partial charge in [-0.05, 0) is 102 Å². The Kier molecular flexibility index (Phi) is 26.6. The molecule has 0 spiro atoms. The van der Waals surface area contributed by atoms with Gasteiger partial charge in [-0.1, -0.05) is 80.8 Å². The fourth-order valence-corrected chi connectivity index (χ4v) is 13.0. The molecule has 0 aromatic heterocycles. The Hall–Kier alpha value is -4.74. The quantitative estimate of drug-likeness (QED) is 0.0203. The van der Waals surface area contributed by atoms with Gasteiger partial charge >= 0.3 is 40.4 Å². The molecule has 0 radical (unpaired) electrons. The van der Waals surface area contributed by atoms with Crippen molar-refractivity contribution in [3.63, 3.8) is 0 Å². The molecule has 14 N–H and O–H groups in total. The Morgan fingerprint density at radius 3 is 1.14 bits per heavy atom. The summed E-state index contributed by atoms with van der Waals surface area (Å²) in [5.41, 5.74) is 3.77. The monoisotopic (exact) mass is 1080 g/mol. The van der Waals surface area contributed by atoms with Gasteiger partial charge in [-0.15, -0.1) is 0 Å². The number of carbonyl (C=O) groups is 6. The number of benzene rings is 4. The van der Waals surface area contributed by atoms with E-state index in [1.807, 2.05) is 43.2 Å². The van der Waals surface area contributed by atoms with Gasteiger partial charge in [0.25, 0.3) is 11.8 Å². The van der Waals surface area contributed by atoms with Crippen molar-refractivity contribution in [1.29, 1.82) is 0 Å². The highest BCUT2D eigenvalue weighted by Gasteiger charge is 2.24. The normalized spacial score (nSPS) is 12.6. The Labute approximate surface area is 429 Å². The summed E-state index contributed by atoms with van der Waals surface area (Å²) in [6.45, 7) is 2.01. The van der Waals surface area contributed by atoms with Crippen LogP contribution in [0.5, 0.6) is 0 Å². The van der Waals surface area contributed by atoms with Crippen LogP contribution in [0.25, 0.3) is 0 Å². The van der Waals surface area contributed by atoms with Crippen LogP contribution in [0.1, 0.15) is 98.0 Å². The third kappa shape index (κ3) is 21.0. The molecule has 2 amide bonds. The van der Waals surface area contributed by atoms with E-state index in [0.717, 1.165) is 48.5 Å². The zero-order chi connectivity index (χ0) is 53.7. The van der Waals surface area contributed by atoms with Gasteiger partial charge in [0.1, 0.15) is 17.7 Å². The van der Waals surface area contributed by atoms with Crippen molar-refractivity contribution in [1.82, 2.24) is 10.6 Å². The predicted molar refractivity (Wildman–Crippen MR) is 277 cm³/mol. The molecule has 1 heterocycles. The number of carboxylic acids is 2. The molecule has 1 fully saturated rings. The number of carbonyl (C=O) groups excluding carboxylic acids is 4. The lowest BCUT2D eigenvalue weighted by Crippen LogP contribution is -2.34. The number of aliphatic carboxylic acids is 2. The maximum atomic E-state index is 13.8. The van der Waals surface area contributed by atoms with E-state index in [4.69, 9.17) is 15.9 Å². The highest BCUT2D eigenvalue weighted by Crippen LogP contribution is 2.42. The zero-order valence-corrected chi connectivity index (χ0v) is 41.6. The second kappa shape index (κ2) is 31.1. The molecule has 4 aromatic rings. The summed E-state index contributed by atoms with van der Waals surface area (Å²) in [7, 11) is -0.176. The number of unbranched alkanes of at least 4 members (excludes halogenated alkanes) is 2. The number of ketones is 2. The van der Waals surface area contributed by atoms with E-state index in [1.165, 1.54) is 34.4 Å². The first kappa shape index (κ1) is 61.6. The van der Waals surface area contributed by atoms with Gasteiger partial charge in [0, 0.05) is 46.5 Å². The molecule has 2 atom stereocenters. The minimum absolute atomic E-state index is 0.0401. The molecule has 384 valence electrons. The van der Waals surface area contributed by atoms with Crippen LogP contribution in [0.2, 0.25) is 0 Å². The molecule has 72 heavy (non-hydrogen) atoms. The first-order chi connectivity index (χ1) is 34.0. The summed E-state index contributed by atoms with van der Waals surface area (Å²) in [6, 6.07) is 11.6. The van der Waals surface area contributed by atoms with Crippen molar-refractivity contribution in [2.24, 2.45) is 11.7 Å². The summed E-state index contributed by atoms with van der Waals surface area (Å²) >= 11 is 0. The molecule has 1 aliphatic rings. The number of hydrogen-bond donors (Lipinski definition) is 13. The maximum Gasteiger partial charge on any atom is 0.488 e. The minimum atomic E-state index is -2.01. The minimum Gasteiger partial charge on any atom is -0.481 e. The molecule has 0 unspecified atom stereocenters. The SMILES string of the molecule is C1SSCSS1.C[C@@H](CCCCNC(=O)c1cc(B(O)O)cc(C(=O)c2cc(F)cc(B(O)O)c2)c1)C(=O)O.N[C@@H](CCCCNC(=O)c1cc(B(O)O)cc(C(=O)c2cc(F)cc(B(O)O)c2)c1)C(=O)O. The molecular formula is C43H51B4F2N3O16S4. The highest BCUT2D eigenvalue weighted by molar-refractivity contribution is 8.92. The maximum absolute atomic E-state index is 13.8. The van der Waals surface area contributed by atoms with Crippen molar-refractivity contribution in [3.05, 3.63) is 118 Å². The van der Waals surface area contributed by atoms with Crippen molar-refractivity contribution in [3.8, 4) is 0 Å². The molecule has 0 saturated carbocycles. The van der Waals surface area contributed by atoms with Gasteiger partial charge < -0.3 is 66.8 Å². The Balaban J connectivity index is 0.000000339. The fraction of sp³-hybridized carbons (Fsp3) is 0.302. The number of nitrogens with one attached hydrogen (secondary N) is 2. The number of hydrogen-bond acceptors (Lipinski definition) is 19. The molecule has 1 aliphatic heterocycles. The van der Waals surface area contributed by atoms with E-state index in [-0.39, 0.29) is 74.7 Å². The third-order valence-electron chi connectivity index (χ3n) is 10.2. The lowest BCUT2D eigenvalue weighted by Gasteiger charge is -2.11. The second-order valence-electron chi connectivity index (χ2n) is 15.8. The van der Waals surface area contributed by atoms with Crippen LogP contribution >= 0.6 is 43.2 Å². The molecule has 1 saturated heterocycles. The van der Waals surface area contributed by atoms with Crippen molar-refractivity contribution >= 4 is 129 Å². The molecule has 0 bridgehead atoms. The van der Waals surface area contributed by atoms with E-state index in [0.29, 0.717) is 32.1 Å². The van der Waals surface area contributed by atoms with Crippen molar-refractivity contribution in [2.75, 3.05) is 23.3 Å². The Morgan fingerprint density at radius 1 is 0.500 bits per heavy atom. The van der Waals surface area contributed by atoms with Crippen molar-refractivity contribution < 1.29 is 88.0 Å². The average Bonchev–Trinajstić information content (AvgIpc) is 3.35. The van der Waals surface area contributed by atoms with Crippen LogP contribution in [0, 0.1) is 17.6 Å². The van der Waals surface area contributed by atoms with Gasteiger partial charge in [0.15, 0.2) is 11.6 Å². The van der Waals surface area contributed by atoms with Gasteiger partial charge in [0.05, 0.1) is 16.1 Å². The Morgan fingerprint density at radius 2 is 0.819 bits per heavy atom. The summed E-state index contributed by atoms with van der Waals surface area (Å²) in [6.07, 6.45) is 2.67. The second-order valence-corrected chi connectivity index (χ2v) is 21.4. The molecule has 0 aliphatic carbocycles. The van der Waals surface area contributed by atoms with E-state index in [1.54, 1.807) is 6.92 Å². The highest BCUT2D eigenvalue weighted by atomic mass is 33.2. The molecule has 5 rings (SSSR count). The first-order valence-corrected chi connectivity index (χ1v) is 26.7. The third-order valence-corrected chi connectivity index (χ3v) is 16.5.